The maximum Gasteiger partial charge on any atom is 0.251 e. The van der Waals surface area contributed by atoms with E-state index in [1.54, 1.807) is 33.5 Å². The molecule has 0 N–H and O–H groups in total. The quantitative estimate of drug-likeness (QED) is 0.719. The zero-order valence-electron chi connectivity index (χ0n) is 13.1. The van der Waals surface area contributed by atoms with Crippen molar-refractivity contribution in [3.05, 3.63) is 42.5 Å². The van der Waals surface area contributed by atoms with E-state index >= 15 is 0 Å². The normalized spacial score (nSPS) is 10.4. The summed E-state index contributed by atoms with van der Waals surface area (Å²) in [7, 11) is 4.77. The van der Waals surface area contributed by atoms with Gasteiger partial charge < -0.3 is 18.6 Å². The van der Waals surface area contributed by atoms with Gasteiger partial charge in [-0.2, -0.15) is 0 Å². The smallest absolute Gasteiger partial charge is 0.251 e. The van der Waals surface area contributed by atoms with Crippen LogP contribution in [0.4, 0.5) is 0 Å². The van der Waals surface area contributed by atoms with Gasteiger partial charge in [0, 0.05) is 5.56 Å². The molecule has 0 spiro atoms. The molecule has 0 aliphatic heterocycles. The number of nitrogens with zero attached hydrogens (tertiary/aromatic N) is 2. The first kappa shape index (κ1) is 14.9. The Bertz CT molecular complexity index is 814. The van der Waals surface area contributed by atoms with Gasteiger partial charge in [0.25, 0.3) is 5.89 Å². The maximum atomic E-state index is 5.77. The van der Waals surface area contributed by atoms with Crippen LogP contribution in [0.1, 0.15) is 0 Å². The molecular formula is C17H16N2O4. The molecule has 3 aromatic rings. The zero-order valence-corrected chi connectivity index (χ0v) is 13.1. The summed E-state index contributed by atoms with van der Waals surface area (Å²) >= 11 is 0. The van der Waals surface area contributed by atoms with Crippen LogP contribution < -0.4 is 14.2 Å². The van der Waals surface area contributed by atoms with E-state index in [1.807, 2.05) is 30.3 Å². The van der Waals surface area contributed by atoms with Crippen LogP contribution in [-0.2, 0) is 0 Å². The molecule has 0 unspecified atom stereocenters. The van der Waals surface area contributed by atoms with E-state index in [4.69, 9.17) is 18.6 Å². The Hall–Kier alpha value is -3.02. The van der Waals surface area contributed by atoms with Crippen molar-refractivity contribution < 1.29 is 18.6 Å². The largest absolute Gasteiger partial charge is 0.496 e. The third-order valence-electron chi connectivity index (χ3n) is 3.39. The second-order valence-electron chi connectivity index (χ2n) is 4.68. The molecule has 1 heterocycles. The third-order valence-corrected chi connectivity index (χ3v) is 3.39. The van der Waals surface area contributed by atoms with Crippen molar-refractivity contribution in [2.24, 2.45) is 0 Å². The fourth-order valence-electron chi connectivity index (χ4n) is 2.24. The number of ether oxygens (including phenoxy) is 3. The molecule has 0 aliphatic rings. The lowest BCUT2D eigenvalue weighted by molar-refractivity contribution is 0.355. The highest BCUT2D eigenvalue weighted by atomic mass is 16.5. The Morgan fingerprint density at radius 1 is 0.739 bits per heavy atom. The molecule has 1 aromatic heterocycles. The fraction of sp³-hybridized carbons (Fsp3) is 0.176. The Labute approximate surface area is 133 Å². The van der Waals surface area contributed by atoms with E-state index < -0.39 is 0 Å². The molecule has 0 amide bonds. The van der Waals surface area contributed by atoms with Gasteiger partial charge in [-0.25, -0.2) is 0 Å². The minimum atomic E-state index is 0.395. The van der Waals surface area contributed by atoms with Crippen LogP contribution in [-0.4, -0.2) is 31.5 Å². The van der Waals surface area contributed by atoms with Gasteiger partial charge in [0.15, 0.2) is 11.5 Å². The molecule has 3 rings (SSSR count). The minimum Gasteiger partial charge on any atom is -0.496 e. The first-order valence-corrected chi connectivity index (χ1v) is 6.96. The van der Waals surface area contributed by atoms with Gasteiger partial charge in [0.2, 0.25) is 5.89 Å². The molecule has 0 fully saturated rings. The standard InChI is InChI=1S/C17H16N2O4/c1-20-13-7-5-4-6-12(13)17-19-18-16(23-17)11-8-9-14(21-2)15(10-11)22-3/h4-10H,1-3H3. The van der Waals surface area contributed by atoms with E-state index in [0.717, 1.165) is 11.1 Å². The van der Waals surface area contributed by atoms with Crippen molar-refractivity contribution >= 4 is 0 Å². The average molecular weight is 312 g/mol. The molecule has 0 atom stereocenters. The van der Waals surface area contributed by atoms with E-state index in [-0.39, 0.29) is 0 Å². The lowest BCUT2D eigenvalue weighted by Gasteiger charge is -2.07. The van der Waals surface area contributed by atoms with Crippen molar-refractivity contribution in [2.45, 2.75) is 0 Å². The highest BCUT2D eigenvalue weighted by Crippen LogP contribution is 2.34. The first-order valence-electron chi connectivity index (χ1n) is 6.96. The van der Waals surface area contributed by atoms with Crippen molar-refractivity contribution in [2.75, 3.05) is 21.3 Å². The van der Waals surface area contributed by atoms with E-state index in [9.17, 15) is 0 Å². The van der Waals surface area contributed by atoms with Gasteiger partial charge in [0.05, 0.1) is 26.9 Å². The summed E-state index contributed by atoms with van der Waals surface area (Å²) in [5.74, 6) is 2.71. The molecule has 0 saturated carbocycles. The maximum absolute atomic E-state index is 5.77. The van der Waals surface area contributed by atoms with Crippen LogP contribution in [0.25, 0.3) is 22.9 Å². The van der Waals surface area contributed by atoms with Gasteiger partial charge in [-0.05, 0) is 30.3 Å². The lowest BCUT2D eigenvalue weighted by atomic mass is 10.2. The van der Waals surface area contributed by atoms with Gasteiger partial charge in [-0.3, -0.25) is 0 Å². The molecule has 23 heavy (non-hydrogen) atoms. The van der Waals surface area contributed by atoms with Crippen LogP contribution in [0, 0.1) is 0 Å². The minimum absolute atomic E-state index is 0.395. The van der Waals surface area contributed by atoms with E-state index in [0.29, 0.717) is 29.0 Å². The molecular weight excluding hydrogens is 296 g/mol. The topological polar surface area (TPSA) is 66.6 Å². The second-order valence-corrected chi connectivity index (χ2v) is 4.68. The molecule has 6 nitrogen and oxygen atoms in total. The molecule has 118 valence electrons. The lowest BCUT2D eigenvalue weighted by Crippen LogP contribution is -1.90. The monoisotopic (exact) mass is 312 g/mol. The SMILES string of the molecule is COc1ccc(-c2nnc(-c3ccccc3OC)o2)cc1OC. The van der Waals surface area contributed by atoms with Crippen LogP contribution in [0.15, 0.2) is 46.9 Å². The van der Waals surface area contributed by atoms with Crippen molar-refractivity contribution in [1.29, 1.82) is 0 Å². The zero-order chi connectivity index (χ0) is 16.2. The van der Waals surface area contributed by atoms with Crippen molar-refractivity contribution in [1.82, 2.24) is 10.2 Å². The number of benzene rings is 2. The molecule has 0 radical (unpaired) electrons. The summed E-state index contributed by atoms with van der Waals surface area (Å²) in [6.07, 6.45) is 0. The predicted molar refractivity (Wildman–Crippen MR) is 84.8 cm³/mol. The van der Waals surface area contributed by atoms with Crippen molar-refractivity contribution in [3.63, 3.8) is 0 Å². The highest BCUT2D eigenvalue weighted by Gasteiger charge is 2.15. The molecule has 6 heteroatoms. The average Bonchev–Trinajstić information content (AvgIpc) is 3.11. The summed E-state index contributed by atoms with van der Waals surface area (Å²) in [6, 6.07) is 12.9. The van der Waals surface area contributed by atoms with E-state index in [2.05, 4.69) is 10.2 Å². The molecule has 2 aromatic carbocycles. The van der Waals surface area contributed by atoms with Crippen LogP contribution in [0.3, 0.4) is 0 Å². The molecule has 0 saturated heterocycles. The van der Waals surface area contributed by atoms with Gasteiger partial charge in [-0.15, -0.1) is 10.2 Å². The first-order chi connectivity index (χ1) is 11.3. The number of aromatic nitrogens is 2. The summed E-state index contributed by atoms with van der Waals surface area (Å²) in [5, 5.41) is 8.20. The van der Waals surface area contributed by atoms with Gasteiger partial charge in [-0.1, -0.05) is 12.1 Å². The van der Waals surface area contributed by atoms with Gasteiger partial charge in [0.1, 0.15) is 5.75 Å². The highest BCUT2D eigenvalue weighted by molar-refractivity contribution is 5.65. The number of para-hydroxylation sites is 1. The summed E-state index contributed by atoms with van der Waals surface area (Å²) in [6.45, 7) is 0. The summed E-state index contributed by atoms with van der Waals surface area (Å²) in [4.78, 5) is 0. The molecule has 0 aliphatic carbocycles. The number of rotatable bonds is 5. The second kappa shape index (κ2) is 6.39. The summed E-state index contributed by atoms with van der Waals surface area (Å²) in [5.41, 5.74) is 1.49. The molecule has 0 bridgehead atoms. The van der Waals surface area contributed by atoms with Crippen LogP contribution in [0.5, 0.6) is 17.2 Å². The van der Waals surface area contributed by atoms with Gasteiger partial charge >= 0.3 is 0 Å². The van der Waals surface area contributed by atoms with Crippen LogP contribution >= 0.6 is 0 Å². The Morgan fingerprint density at radius 3 is 2.17 bits per heavy atom. The Balaban J connectivity index is 1.99. The van der Waals surface area contributed by atoms with Crippen LogP contribution in [0.2, 0.25) is 0 Å². The Kier molecular flexibility index (Phi) is 4.14. The van der Waals surface area contributed by atoms with Crippen molar-refractivity contribution in [3.8, 4) is 40.2 Å². The summed E-state index contributed by atoms with van der Waals surface area (Å²) < 4.78 is 21.6. The Morgan fingerprint density at radius 2 is 1.43 bits per heavy atom. The number of hydrogen-bond acceptors (Lipinski definition) is 6. The number of hydrogen-bond donors (Lipinski definition) is 0. The number of methoxy groups -OCH3 is 3. The van der Waals surface area contributed by atoms with E-state index in [1.165, 1.54) is 0 Å². The predicted octanol–water partition coefficient (Wildman–Crippen LogP) is 3.43. The fourth-order valence-corrected chi connectivity index (χ4v) is 2.24. The third kappa shape index (κ3) is 2.83.